The van der Waals surface area contributed by atoms with E-state index in [1.54, 1.807) is 0 Å². The number of rotatable bonds is 10. The Hall–Kier alpha value is -4.33. The van der Waals surface area contributed by atoms with E-state index >= 15 is 0 Å². The van der Waals surface area contributed by atoms with Crippen molar-refractivity contribution in [3.05, 3.63) is 182 Å². The molecule has 7 rings (SSSR count). The maximum Gasteiger partial charge on any atom is 0.288 e. The van der Waals surface area contributed by atoms with E-state index in [9.17, 15) is 0 Å². The zero-order chi connectivity index (χ0) is 31.1. The predicted octanol–water partition coefficient (Wildman–Crippen LogP) is 5.67. The summed E-state index contributed by atoms with van der Waals surface area (Å²) in [5, 5.41) is 7.72. The van der Waals surface area contributed by atoms with E-state index in [1.165, 1.54) is 31.1 Å². The summed E-state index contributed by atoms with van der Waals surface area (Å²) in [7, 11) is -5.54. The second-order valence-electron chi connectivity index (χ2n) is 12.2. The van der Waals surface area contributed by atoms with Crippen molar-refractivity contribution in [3.8, 4) is 0 Å². The van der Waals surface area contributed by atoms with Gasteiger partial charge in [-0.25, -0.2) is 0 Å². The van der Waals surface area contributed by atoms with Gasteiger partial charge in [0.15, 0.2) is 0 Å². The van der Waals surface area contributed by atoms with Crippen LogP contribution in [0.1, 0.15) is 25.7 Å². The van der Waals surface area contributed by atoms with Crippen molar-refractivity contribution in [2.75, 3.05) is 0 Å². The standard InChI is InChI=1S/C42H40O2Si2/c1-7-19-37(20-8-1)45(38-21-9-2-10-22-38,39-23-11-3-12-24-39)43-35-31-33-36(34-32-35)44-46(40-25-13-4-14-26-40,41-27-15-5-16-28-41)42-29-17-6-18-30-42/h1-30,35-36H,31-34H2. The number of benzene rings is 6. The van der Waals surface area contributed by atoms with Gasteiger partial charge < -0.3 is 8.85 Å². The van der Waals surface area contributed by atoms with E-state index in [2.05, 4.69) is 182 Å². The molecule has 0 heterocycles. The first-order chi connectivity index (χ1) is 22.8. The molecule has 0 saturated heterocycles. The summed E-state index contributed by atoms with van der Waals surface area (Å²) in [6.45, 7) is 0. The first kappa shape index (κ1) is 30.3. The van der Waals surface area contributed by atoms with E-state index in [-0.39, 0.29) is 12.2 Å². The molecular formula is C42H40O2Si2. The normalized spacial score (nSPS) is 17.0. The fraction of sp³-hybridized carbons (Fsp3) is 0.143. The Kier molecular flexibility index (Phi) is 9.22. The summed E-state index contributed by atoms with van der Waals surface area (Å²) < 4.78 is 15.1. The Morgan fingerprint density at radius 3 is 0.630 bits per heavy atom. The Morgan fingerprint density at radius 1 is 0.283 bits per heavy atom. The predicted molar refractivity (Wildman–Crippen MR) is 196 cm³/mol. The molecule has 0 bridgehead atoms. The summed E-state index contributed by atoms with van der Waals surface area (Å²) in [6.07, 6.45) is 4.16. The summed E-state index contributed by atoms with van der Waals surface area (Å²) in [5.41, 5.74) is 0. The Bertz CT molecular complexity index is 1450. The van der Waals surface area contributed by atoms with Crippen molar-refractivity contribution >= 4 is 47.8 Å². The third-order valence-corrected chi connectivity index (χ3v) is 17.6. The van der Waals surface area contributed by atoms with E-state index in [0.717, 1.165) is 25.7 Å². The molecule has 1 aliphatic carbocycles. The third kappa shape index (κ3) is 5.97. The van der Waals surface area contributed by atoms with E-state index in [0.29, 0.717) is 0 Å². The van der Waals surface area contributed by atoms with Gasteiger partial charge in [0.25, 0.3) is 16.6 Å². The molecule has 1 aliphatic rings. The monoisotopic (exact) mass is 632 g/mol. The van der Waals surface area contributed by atoms with Gasteiger partial charge in [-0.3, -0.25) is 0 Å². The Labute approximate surface area is 275 Å². The van der Waals surface area contributed by atoms with Gasteiger partial charge in [-0.15, -0.1) is 0 Å². The van der Waals surface area contributed by atoms with Crippen LogP contribution in [0.15, 0.2) is 182 Å². The van der Waals surface area contributed by atoms with Crippen LogP contribution in [-0.2, 0) is 8.85 Å². The van der Waals surface area contributed by atoms with Gasteiger partial charge in [0.1, 0.15) is 0 Å². The molecule has 0 N–H and O–H groups in total. The maximum absolute atomic E-state index is 7.56. The summed E-state index contributed by atoms with van der Waals surface area (Å²) in [4.78, 5) is 0. The van der Waals surface area contributed by atoms with Crippen LogP contribution in [0.4, 0.5) is 0 Å². The summed E-state index contributed by atoms with van der Waals surface area (Å²) in [6, 6.07) is 65.6. The summed E-state index contributed by atoms with van der Waals surface area (Å²) in [5.74, 6) is 0. The zero-order valence-electron chi connectivity index (χ0n) is 26.1. The average molecular weight is 633 g/mol. The minimum absolute atomic E-state index is 0.147. The lowest BCUT2D eigenvalue weighted by Crippen LogP contribution is -2.71. The molecule has 2 nitrogen and oxygen atoms in total. The largest absolute Gasteiger partial charge is 0.401 e. The number of hydrogen-bond donors (Lipinski definition) is 0. The van der Waals surface area contributed by atoms with Crippen molar-refractivity contribution in [1.29, 1.82) is 0 Å². The van der Waals surface area contributed by atoms with Crippen molar-refractivity contribution in [1.82, 2.24) is 0 Å². The van der Waals surface area contributed by atoms with Crippen LogP contribution in [0.5, 0.6) is 0 Å². The van der Waals surface area contributed by atoms with Crippen molar-refractivity contribution in [2.24, 2.45) is 0 Å². The van der Waals surface area contributed by atoms with Crippen LogP contribution in [0.25, 0.3) is 0 Å². The van der Waals surface area contributed by atoms with Gasteiger partial charge in [0.05, 0.1) is 0 Å². The summed E-state index contributed by atoms with van der Waals surface area (Å²) >= 11 is 0. The van der Waals surface area contributed by atoms with Gasteiger partial charge in [-0.05, 0) is 56.8 Å². The second-order valence-corrected chi connectivity index (χ2v) is 18.9. The lowest BCUT2D eigenvalue weighted by molar-refractivity contribution is 0.0787. The van der Waals surface area contributed by atoms with Crippen molar-refractivity contribution < 1.29 is 8.85 Å². The number of hydrogen-bond acceptors (Lipinski definition) is 2. The van der Waals surface area contributed by atoms with E-state index < -0.39 is 16.6 Å². The molecule has 6 aromatic carbocycles. The highest BCUT2D eigenvalue weighted by Crippen LogP contribution is 2.28. The minimum atomic E-state index is -2.77. The third-order valence-electron chi connectivity index (χ3n) is 9.39. The van der Waals surface area contributed by atoms with Crippen LogP contribution >= 0.6 is 0 Å². The molecule has 0 aliphatic heterocycles. The highest BCUT2D eigenvalue weighted by atomic mass is 28.4. The second kappa shape index (κ2) is 14.0. The van der Waals surface area contributed by atoms with E-state index in [4.69, 9.17) is 8.85 Å². The molecule has 0 radical (unpaired) electrons. The van der Waals surface area contributed by atoms with Gasteiger partial charge in [-0.2, -0.15) is 0 Å². The van der Waals surface area contributed by atoms with E-state index in [1.807, 2.05) is 0 Å². The topological polar surface area (TPSA) is 18.5 Å². The molecule has 46 heavy (non-hydrogen) atoms. The zero-order valence-corrected chi connectivity index (χ0v) is 28.1. The Morgan fingerprint density at radius 2 is 0.457 bits per heavy atom. The molecule has 1 saturated carbocycles. The SMILES string of the molecule is c1ccc([Si](OC2CCC(O[Si](c3ccccc3)(c3ccccc3)c3ccccc3)CC2)(c2ccccc2)c2ccccc2)cc1. The van der Waals surface area contributed by atoms with Gasteiger partial charge in [0.2, 0.25) is 0 Å². The van der Waals surface area contributed by atoms with Gasteiger partial charge in [-0.1, -0.05) is 182 Å². The molecule has 0 unspecified atom stereocenters. The van der Waals surface area contributed by atoms with Crippen molar-refractivity contribution in [2.45, 2.75) is 37.9 Å². The quantitative estimate of drug-likeness (QED) is 0.143. The molecule has 228 valence electrons. The van der Waals surface area contributed by atoms with Crippen LogP contribution < -0.4 is 31.1 Å². The fourth-order valence-electron chi connectivity index (χ4n) is 7.21. The molecule has 6 aromatic rings. The molecular weight excluding hydrogens is 593 g/mol. The molecule has 0 aromatic heterocycles. The average Bonchev–Trinajstić information content (AvgIpc) is 3.16. The smallest absolute Gasteiger partial charge is 0.288 e. The molecule has 0 atom stereocenters. The molecule has 0 amide bonds. The Balaban J connectivity index is 1.22. The first-order valence-electron chi connectivity index (χ1n) is 16.5. The lowest BCUT2D eigenvalue weighted by atomic mass is 9.95. The first-order valence-corrected chi connectivity index (χ1v) is 20.3. The van der Waals surface area contributed by atoms with Crippen molar-refractivity contribution in [3.63, 3.8) is 0 Å². The van der Waals surface area contributed by atoms with Gasteiger partial charge >= 0.3 is 0 Å². The molecule has 0 spiro atoms. The van der Waals surface area contributed by atoms with Gasteiger partial charge in [0, 0.05) is 12.2 Å². The maximum atomic E-state index is 7.56. The minimum Gasteiger partial charge on any atom is -0.401 e. The molecule has 4 heteroatoms. The van der Waals surface area contributed by atoms with Crippen LogP contribution in [0.3, 0.4) is 0 Å². The molecule has 1 fully saturated rings. The highest BCUT2D eigenvalue weighted by Gasteiger charge is 2.47. The van der Waals surface area contributed by atoms with Crippen LogP contribution in [0.2, 0.25) is 0 Å². The van der Waals surface area contributed by atoms with Crippen LogP contribution in [0, 0.1) is 0 Å². The highest BCUT2D eigenvalue weighted by molar-refractivity contribution is 7.07. The van der Waals surface area contributed by atoms with Crippen LogP contribution in [-0.4, -0.2) is 28.8 Å². The fourth-order valence-corrected chi connectivity index (χ4v) is 15.5. The lowest BCUT2D eigenvalue weighted by Gasteiger charge is -2.42.